The van der Waals surface area contributed by atoms with Crippen LogP contribution in [0.5, 0.6) is 0 Å². The van der Waals surface area contributed by atoms with Crippen molar-refractivity contribution in [1.82, 2.24) is 19.9 Å². The predicted molar refractivity (Wildman–Crippen MR) is 79.7 cm³/mol. The molecule has 1 aliphatic rings. The molecule has 0 aliphatic heterocycles. The summed E-state index contributed by atoms with van der Waals surface area (Å²) in [5.74, 6) is -0.116. The first-order chi connectivity index (χ1) is 11.9. The van der Waals surface area contributed by atoms with Crippen LogP contribution >= 0.6 is 0 Å². The Morgan fingerprint density at radius 1 is 1.08 bits per heavy atom. The van der Waals surface area contributed by atoms with Crippen molar-refractivity contribution in [3.63, 3.8) is 0 Å². The molecule has 0 spiro atoms. The van der Waals surface area contributed by atoms with Gasteiger partial charge in [-0.15, -0.1) is 0 Å². The fourth-order valence-corrected chi connectivity index (χ4v) is 2.15. The minimum atomic E-state index is -1.88. The van der Waals surface area contributed by atoms with E-state index in [2.05, 4.69) is 24.9 Å². The van der Waals surface area contributed by atoms with Gasteiger partial charge in [0.1, 0.15) is 11.8 Å². The van der Waals surface area contributed by atoms with Gasteiger partial charge in [0, 0.05) is 4.92 Å². The minimum Gasteiger partial charge on any atom is -0.340 e. The first-order valence-electron chi connectivity index (χ1n) is 6.47. The third-order valence-electron chi connectivity index (χ3n) is 3.22. The molecule has 25 heavy (non-hydrogen) atoms. The third kappa shape index (κ3) is 2.78. The number of nitro groups is 3. The van der Waals surface area contributed by atoms with Crippen LogP contribution in [0.25, 0.3) is 11.2 Å². The number of fused-ring (bicyclic) bond motifs is 1. The Kier molecular flexibility index (Phi) is 3.68. The summed E-state index contributed by atoms with van der Waals surface area (Å²) in [6, 6.07) is -1.88. The topological polar surface area (TPSA) is 196 Å². The van der Waals surface area contributed by atoms with Gasteiger partial charge < -0.3 is 4.98 Å². The maximum absolute atomic E-state index is 11.3. The van der Waals surface area contributed by atoms with Gasteiger partial charge in [0.25, 0.3) is 11.7 Å². The average Bonchev–Trinajstić information content (AvgIpc) is 3.03. The van der Waals surface area contributed by atoms with Crippen molar-refractivity contribution in [2.75, 3.05) is 0 Å². The van der Waals surface area contributed by atoms with Gasteiger partial charge in [-0.3, -0.25) is 30.3 Å². The van der Waals surface area contributed by atoms with E-state index >= 15 is 0 Å². The Bertz CT molecular complexity index is 1000. The maximum Gasteiger partial charge on any atom is 0.305 e. The van der Waals surface area contributed by atoms with Gasteiger partial charge in [0.05, 0.1) is 28.3 Å². The lowest BCUT2D eigenvalue weighted by Gasteiger charge is -2.10. The molecule has 0 fully saturated rings. The second-order valence-electron chi connectivity index (χ2n) is 4.66. The molecule has 1 atom stereocenters. The molecule has 1 aliphatic carbocycles. The average molecular weight is 346 g/mol. The highest BCUT2D eigenvalue weighted by Crippen LogP contribution is 2.24. The van der Waals surface area contributed by atoms with E-state index in [4.69, 9.17) is 0 Å². The van der Waals surface area contributed by atoms with Crippen LogP contribution in [0.2, 0.25) is 0 Å². The third-order valence-corrected chi connectivity index (χ3v) is 3.22. The van der Waals surface area contributed by atoms with E-state index in [1.54, 1.807) is 0 Å². The molecule has 126 valence electrons. The quantitative estimate of drug-likeness (QED) is 0.601. The van der Waals surface area contributed by atoms with Crippen LogP contribution in [-0.4, -0.2) is 46.5 Å². The first-order valence-corrected chi connectivity index (χ1v) is 6.47. The second kappa shape index (κ2) is 5.84. The smallest absolute Gasteiger partial charge is 0.305 e. The van der Waals surface area contributed by atoms with Gasteiger partial charge >= 0.3 is 5.70 Å². The van der Waals surface area contributed by atoms with Crippen molar-refractivity contribution < 1.29 is 14.8 Å². The molecular formula is C11H6N8O6. The van der Waals surface area contributed by atoms with Crippen LogP contribution in [0.15, 0.2) is 41.2 Å². The van der Waals surface area contributed by atoms with Gasteiger partial charge in [-0.05, 0) is 0 Å². The fraction of sp³-hybridized carbons (Fsp3) is 0.0909. The number of aliphatic imine (C=N–C) groups is 1. The zero-order valence-corrected chi connectivity index (χ0v) is 12.0. The zero-order valence-electron chi connectivity index (χ0n) is 12.0. The number of allylic oxidation sites excluding steroid dienone is 1. The molecule has 2 aromatic rings. The summed E-state index contributed by atoms with van der Waals surface area (Å²) in [6.07, 6.45) is 3.66. The highest BCUT2D eigenvalue weighted by atomic mass is 16.6. The highest BCUT2D eigenvalue weighted by molar-refractivity contribution is 6.06. The maximum atomic E-state index is 11.3. The molecule has 14 nitrogen and oxygen atoms in total. The monoisotopic (exact) mass is 346 g/mol. The number of imidazole rings is 1. The van der Waals surface area contributed by atoms with Crippen LogP contribution in [0, 0.1) is 30.3 Å². The Morgan fingerprint density at radius 3 is 2.48 bits per heavy atom. The van der Waals surface area contributed by atoms with Crippen molar-refractivity contribution in [3.8, 4) is 0 Å². The molecule has 2 heterocycles. The van der Waals surface area contributed by atoms with Gasteiger partial charge in [-0.25, -0.2) is 19.9 Å². The van der Waals surface area contributed by atoms with E-state index in [0.717, 1.165) is 6.33 Å². The lowest BCUT2D eigenvalue weighted by molar-refractivity contribution is -0.497. The molecule has 1 N–H and O–H groups in total. The molecule has 0 saturated heterocycles. The van der Waals surface area contributed by atoms with Gasteiger partial charge in [-0.2, -0.15) is 0 Å². The molecule has 1 unspecified atom stereocenters. The number of aromatic amines is 1. The standard InChI is InChI=1S/C11H6N8O6/c20-17(21)5-1-6(18(22)23)8(7(2-5)19(24)25)16-11-9-10(13-3-12-9)14-4-15-11/h1-4,6H,(H,12,13,14,15). The minimum absolute atomic E-state index is 0.116. The molecule has 3 rings (SSSR count). The Morgan fingerprint density at radius 2 is 1.84 bits per heavy atom. The fourth-order valence-electron chi connectivity index (χ4n) is 2.15. The summed E-state index contributed by atoms with van der Waals surface area (Å²) < 4.78 is 0. The number of nitrogens with zero attached hydrogens (tertiary/aromatic N) is 7. The Labute approximate surface area is 136 Å². The van der Waals surface area contributed by atoms with Crippen LogP contribution in [0.1, 0.15) is 0 Å². The van der Waals surface area contributed by atoms with Crippen molar-refractivity contribution in [2.45, 2.75) is 6.04 Å². The number of nitrogens with one attached hydrogen (secondary N) is 1. The van der Waals surface area contributed by atoms with Gasteiger partial charge in [0.2, 0.25) is 0 Å². The summed E-state index contributed by atoms with van der Waals surface area (Å²) >= 11 is 0. The second-order valence-corrected chi connectivity index (χ2v) is 4.66. The summed E-state index contributed by atoms with van der Waals surface area (Å²) in [5, 5.41) is 33.4. The van der Waals surface area contributed by atoms with Crippen LogP contribution in [-0.2, 0) is 0 Å². The molecule has 0 saturated carbocycles. The van der Waals surface area contributed by atoms with Gasteiger partial charge in [-0.1, -0.05) is 0 Å². The molecule has 0 amide bonds. The summed E-state index contributed by atoms with van der Waals surface area (Å²) in [7, 11) is 0. The Hall–Kier alpha value is -4.10. The summed E-state index contributed by atoms with van der Waals surface area (Å²) in [5.41, 5.74) is -1.79. The van der Waals surface area contributed by atoms with Gasteiger partial charge in [0.15, 0.2) is 17.2 Å². The van der Waals surface area contributed by atoms with E-state index in [-0.39, 0.29) is 17.0 Å². The summed E-state index contributed by atoms with van der Waals surface area (Å²) in [6.45, 7) is 0. The molecule has 2 aromatic heterocycles. The SMILES string of the molecule is O=[N+]([O-])C1=CC([N+](=O)[O-])C(=Nc2ncnc3nc[nH]c23)C([N+](=O)[O-])=C1. The number of hydrogen-bond donors (Lipinski definition) is 1. The molecule has 14 heteroatoms. The number of rotatable bonds is 4. The van der Waals surface area contributed by atoms with E-state index in [1.165, 1.54) is 6.33 Å². The number of H-pyrrole nitrogens is 1. The largest absolute Gasteiger partial charge is 0.340 e. The zero-order chi connectivity index (χ0) is 18.1. The highest BCUT2D eigenvalue weighted by Gasteiger charge is 2.42. The van der Waals surface area contributed by atoms with Crippen LogP contribution in [0.4, 0.5) is 5.82 Å². The van der Waals surface area contributed by atoms with E-state index in [9.17, 15) is 30.3 Å². The van der Waals surface area contributed by atoms with Crippen LogP contribution in [0.3, 0.4) is 0 Å². The van der Waals surface area contributed by atoms with E-state index in [0.29, 0.717) is 12.2 Å². The number of hydrogen-bond acceptors (Lipinski definition) is 10. The number of aromatic nitrogens is 4. The predicted octanol–water partition coefficient (Wildman–Crippen LogP) is 0.405. The van der Waals surface area contributed by atoms with Crippen molar-refractivity contribution in [1.29, 1.82) is 0 Å². The lowest BCUT2D eigenvalue weighted by Crippen LogP contribution is -2.34. The van der Waals surface area contributed by atoms with Crippen molar-refractivity contribution in [2.24, 2.45) is 4.99 Å². The van der Waals surface area contributed by atoms with Crippen molar-refractivity contribution in [3.05, 3.63) is 66.5 Å². The Balaban J connectivity index is 2.22. The lowest BCUT2D eigenvalue weighted by atomic mass is 10.0. The van der Waals surface area contributed by atoms with E-state index in [1.807, 2.05) is 0 Å². The van der Waals surface area contributed by atoms with Crippen molar-refractivity contribution >= 4 is 22.7 Å². The normalized spacial score (nSPS) is 18.7. The molecule has 0 radical (unpaired) electrons. The molecule has 0 aromatic carbocycles. The summed E-state index contributed by atoms with van der Waals surface area (Å²) in [4.78, 5) is 48.6. The first kappa shape index (κ1) is 15.8. The molecular weight excluding hydrogens is 340 g/mol. The molecule has 0 bridgehead atoms. The van der Waals surface area contributed by atoms with E-state index < -0.39 is 37.9 Å². The van der Waals surface area contributed by atoms with Crippen LogP contribution < -0.4 is 0 Å².